The summed E-state index contributed by atoms with van der Waals surface area (Å²) < 4.78 is 34.9. The van der Waals surface area contributed by atoms with E-state index in [2.05, 4.69) is 42.2 Å². The highest BCUT2D eigenvalue weighted by Gasteiger charge is 2.46. The second-order valence-electron chi connectivity index (χ2n) is 17.9. The van der Waals surface area contributed by atoms with Gasteiger partial charge in [-0.25, -0.2) is 28.2 Å². The van der Waals surface area contributed by atoms with Gasteiger partial charge in [0, 0.05) is 74.0 Å². The Morgan fingerprint density at radius 2 is 1.58 bits per heavy atom. The molecule has 0 bridgehead atoms. The molecule has 22 heteroatoms. The summed E-state index contributed by atoms with van der Waals surface area (Å²) in [6.07, 6.45) is 7.32. The Morgan fingerprint density at radius 1 is 0.881 bits per heavy atom. The van der Waals surface area contributed by atoms with Crippen LogP contribution < -0.4 is 31.9 Å². The number of aromatic nitrogens is 5. The molecule has 2 saturated heterocycles. The summed E-state index contributed by atoms with van der Waals surface area (Å²) in [5, 5.41) is 49.8. The number of urea groups is 1. The van der Waals surface area contributed by atoms with Crippen molar-refractivity contribution in [3.8, 4) is 0 Å². The maximum absolute atomic E-state index is 13.9. The lowest BCUT2D eigenvalue weighted by molar-refractivity contribution is -0.122. The minimum Gasteiger partial charge on any atom is -0.388 e. The fraction of sp³-hybridized carbons (Fsp3) is 0.689. The molecule has 1 unspecified atom stereocenters. The van der Waals surface area contributed by atoms with Gasteiger partial charge in [0.05, 0.1) is 30.8 Å². The first-order valence-electron chi connectivity index (χ1n) is 23.9. The predicted octanol–water partition coefficient (Wildman–Crippen LogP) is 4.22. The zero-order chi connectivity index (χ0) is 47.3. The van der Waals surface area contributed by atoms with Crippen molar-refractivity contribution >= 4 is 64.3 Å². The van der Waals surface area contributed by atoms with E-state index in [1.165, 1.54) is 22.5 Å². The number of nitrogens with one attached hydrogen (secondary N) is 6. The van der Waals surface area contributed by atoms with Gasteiger partial charge in [-0.15, -0.1) is 5.10 Å². The molecule has 0 spiro atoms. The molecular formula is C45H65F2N11O7S2. The van der Waals surface area contributed by atoms with Crippen LogP contribution in [0.3, 0.4) is 0 Å². The number of aliphatic hydroxyl groups is 2. The Kier molecular flexibility index (Phi) is 18.7. The van der Waals surface area contributed by atoms with Gasteiger partial charge in [-0.3, -0.25) is 14.4 Å². The SMILES string of the molecule is CCCSc1nc(N[C@@H]2C[C@H]2c2ccc(F)c(F)c2)c2nnn([C@@H]3C[C@H](OCCNC(=O)CCCCCNC(=O)CCCCCNC(=O)CCCCC4SC[C@@H]5NC(=O)N[C@H]45)[C@@H](O)[C@H]3O)c2n1. The molecule has 18 nitrogen and oxygen atoms in total. The Bertz CT molecular complexity index is 2160. The molecule has 1 aromatic carbocycles. The first-order chi connectivity index (χ1) is 32.5. The lowest BCUT2D eigenvalue weighted by Crippen LogP contribution is -2.36. The fourth-order valence-corrected chi connectivity index (χ4v) is 11.2. The van der Waals surface area contributed by atoms with Crippen LogP contribution in [0.25, 0.3) is 11.2 Å². The van der Waals surface area contributed by atoms with Crippen LogP contribution in [0.5, 0.6) is 0 Å². The number of nitrogens with zero attached hydrogens (tertiary/aromatic N) is 5. The van der Waals surface area contributed by atoms with Gasteiger partial charge in [0.1, 0.15) is 12.2 Å². The average Bonchev–Trinajstić information content (AvgIpc) is 3.51. The van der Waals surface area contributed by atoms with Gasteiger partial charge in [0.15, 0.2) is 33.8 Å². The number of thioether (sulfide) groups is 2. The maximum atomic E-state index is 13.9. The molecule has 67 heavy (non-hydrogen) atoms. The highest BCUT2D eigenvalue weighted by molar-refractivity contribution is 8.00. The number of hydrogen-bond donors (Lipinski definition) is 8. The minimum absolute atomic E-state index is 0.00121. The van der Waals surface area contributed by atoms with Crippen LogP contribution in [0, 0.1) is 11.6 Å². The summed E-state index contributed by atoms with van der Waals surface area (Å²) in [6.45, 7) is 3.55. The first kappa shape index (κ1) is 50.5. The van der Waals surface area contributed by atoms with Crippen LogP contribution in [0.2, 0.25) is 0 Å². The smallest absolute Gasteiger partial charge is 0.315 e. The van der Waals surface area contributed by atoms with Crippen LogP contribution in [0.1, 0.15) is 121 Å². The number of fused-ring (bicyclic) bond motifs is 2. The van der Waals surface area contributed by atoms with Crippen LogP contribution in [-0.4, -0.2) is 138 Å². The van der Waals surface area contributed by atoms with Crippen molar-refractivity contribution in [3.05, 3.63) is 35.4 Å². The molecular weight excluding hydrogens is 909 g/mol. The molecule has 2 aromatic heterocycles. The monoisotopic (exact) mass is 973 g/mol. The molecule has 4 aliphatic rings. The van der Waals surface area contributed by atoms with Crippen molar-refractivity contribution in [2.24, 2.45) is 0 Å². The standard InChI is InChI=1S/C45H65F2N11O7S2/c1-2-21-66-45-54-42(51-30-23-27(30)26-15-16-28(46)29(47)22-26)39-43(55-45)58(57-56-39)32-24-33(41(63)40(32)62)65-20-19-50-37(61)13-6-4-10-17-48-35(59)12-5-3-9-18-49-36(60)14-8-7-11-34-38-31(25-67-34)52-44(64)53-38/h15-16,22,27,30-34,38,40-41,62-63H,2-14,17-21,23-25H2,1H3,(H,48,59)(H,49,60)(H,50,61)(H,51,54,55)(H2,52,53,64)/t27-,30+,31-,32+,33-,34?,38-,40-,41+/m0/s1. The summed E-state index contributed by atoms with van der Waals surface area (Å²) in [6, 6.07) is 3.49. The van der Waals surface area contributed by atoms with Gasteiger partial charge in [0.2, 0.25) is 17.7 Å². The van der Waals surface area contributed by atoms with E-state index in [-0.39, 0.29) is 67.4 Å². The number of halogens is 2. The molecule has 7 rings (SSSR count). The Morgan fingerprint density at radius 3 is 2.28 bits per heavy atom. The number of carbonyl (C=O) groups excluding carboxylic acids is 4. The maximum Gasteiger partial charge on any atom is 0.315 e. The first-order valence-corrected chi connectivity index (χ1v) is 26.0. The summed E-state index contributed by atoms with van der Waals surface area (Å²) in [5.41, 5.74) is 1.45. The van der Waals surface area contributed by atoms with Crippen molar-refractivity contribution in [2.75, 3.05) is 43.1 Å². The van der Waals surface area contributed by atoms with E-state index >= 15 is 0 Å². The molecule has 2 aliphatic heterocycles. The van der Waals surface area contributed by atoms with E-state index in [4.69, 9.17) is 14.7 Å². The molecule has 2 aliphatic carbocycles. The number of aliphatic hydroxyl groups excluding tert-OH is 2. The van der Waals surface area contributed by atoms with Gasteiger partial charge in [-0.2, -0.15) is 11.8 Å². The van der Waals surface area contributed by atoms with E-state index in [1.807, 2.05) is 18.7 Å². The number of benzene rings is 1. The molecule has 4 heterocycles. The van der Waals surface area contributed by atoms with Crippen LogP contribution >= 0.6 is 23.5 Å². The van der Waals surface area contributed by atoms with Crippen LogP contribution in [-0.2, 0) is 19.1 Å². The third-order valence-corrected chi connectivity index (χ3v) is 15.3. The van der Waals surface area contributed by atoms with Gasteiger partial charge < -0.3 is 46.9 Å². The van der Waals surface area contributed by atoms with E-state index < -0.39 is 36.0 Å². The quantitative estimate of drug-likeness (QED) is 0.0220. The zero-order valence-electron chi connectivity index (χ0n) is 38.0. The molecule has 4 fully saturated rings. The number of amides is 5. The minimum atomic E-state index is -1.22. The predicted molar refractivity (Wildman–Crippen MR) is 251 cm³/mol. The molecule has 0 radical (unpaired) electrons. The van der Waals surface area contributed by atoms with Crippen molar-refractivity contribution < 1.29 is 42.9 Å². The molecule has 8 N–H and O–H groups in total. The number of anilines is 1. The van der Waals surface area contributed by atoms with E-state index in [0.29, 0.717) is 78.1 Å². The van der Waals surface area contributed by atoms with Gasteiger partial charge in [-0.1, -0.05) is 49.2 Å². The summed E-state index contributed by atoms with van der Waals surface area (Å²) in [4.78, 5) is 57.9. The van der Waals surface area contributed by atoms with Gasteiger partial charge in [-0.05, 0) is 69.1 Å². The van der Waals surface area contributed by atoms with Crippen LogP contribution in [0.4, 0.5) is 19.4 Å². The number of carbonyl (C=O) groups is 4. The lowest BCUT2D eigenvalue weighted by Gasteiger charge is -2.17. The average molecular weight is 974 g/mol. The van der Waals surface area contributed by atoms with Gasteiger partial charge in [0.25, 0.3) is 0 Å². The summed E-state index contributed by atoms with van der Waals surface area (Å²) >= 11 is 3.35. The highest BCUT2D eigenvalue weighted by Crippen LogP contribution is 2.44. The lowest BCUT2D eigenvalue weighted by atomic mass is 10.0. The van der Waals surface area contributed by atoms with E-state index in [0.717, 1.165) is 75.4 Å². The molecule has 3 aromatic rings. The number of rotatable bonds is 28. The summed E-state index contributed by atoms with van der Waals surface area (Å²) in [7, 11) is 0. The van der Waals surface area contributed by atoms with E-state index in [1.54, 1.807) is 6.07 Å². The van der Waals surface area contributed by atoms with E-state index in [9.17, 15) is 38.2 Å². The molecule has 5 amide bonds. The number of ether oxygens (including phenoxy) is 1. The zero-order valence-corrected chi connectivity index (χ0v) is 39.7. The third-order valence-electron chi connectivity index (χ3n) is 12.8. The number of unbranched alkanes of at least 4 members (excludes halogenated alkanes) is 5. The van der Waals surface area contributed by atoms with Crippen LogP contribution in [0.15, 0.2) is 23.4 Å². The second-order valence-corrected chi connectivity index (χ2v) is 20.2. The second kappa shape index (κ2) is 24.8. The van der Waals surface area contributed by atoms with Crippen molar-refractivity contribution in [2.45, 2.75) is 162 Å². The van der Waals surface area contributed by atoms with Gasteiger partial charge >= 0.3 is 6.03 Å². The number of hydrogen-bond acceptors (Lipinski definition) is 14. The Balaban J connectivity index is 0.715. The molecule has 368 valence electrons. The molecule has 9 atom stereocenters. The normalized spacial score (nSPS) is 25.1. The highest BCUT2D eigenvalue weighted by atomic mass is 32.2. The Hall–Kier alpha value is -4.38. The fourth-order valence-electron chi connectivity index (χ4n) is 8.98. The summed E-state index contributed by atoms with van der Waals surface area (Å²) in [5.74, 6) is 0.270. The largest absolute Gasteiger partial charge is 0.388 e. The Labute approximate surface area is 397 Å². The molecule has 2 saturated carbocycles. The van der Waals surface area contributed by atoms with Crippen molar-refractivity contribution in [1.29, 1.82) is 0 Å². The van der Waals surface area contributed by atoms with Crippen molar-refractivity contribution in [1.82, 2.24) is 51.5 Å². The van der Waals surface area contributed by atoms with Crippen molar-refractivity contribution in [3.63, 3.8) is 0 Å². The topological polar surface area (TPSA) is 247 Å². The third kappa shape index (κ3) is 14.1.